The quantitative estimate of drug-likeness (QED) is 0.637. The number of aromatic nitrogens is 4. The Labute approximate surface area is 144 Å². The third-order valence-corrected chi connectivity index (χ3v) is 3.60. The Morgan fingerprint density at radius 2 is 2.32 bits per heavy atom. The van der Waals surface area contributed by atoms with E-state index in [-0.39, 0.29) is 5.56 Å². The van der Waals surface area contributed by atoms with Crippen molar-refractivity contribution in [2.75, 3.05) is 18.5 Å². The van der Waals surface area contributed by atoms with Gasteiger partial charge in [-0.05, 0) is 31.5 Å². The molecule has 0 radical (unpaired) electrons. The lowest BCUT2D eigenvalue weighted by molar-refractivity contribution is 0.302. The van der Waals surface area contributed by atoms with Crippen LogP contribution in [0.15, 0.2) is 35.4 Å². The molecule has 0 fully saturated rings. The van der Waals surface area contributed by atoms with Crippen LogP contribution in [-0.4, -0.2) is 32.7 Å². The van der Waals surface area contributed by atoms with Gasteiger partial charge in [0, 0.05) is 13.1 Å². The maximum Gasteiger partial charge on any atom is 0.278 e. The molecule has 0 spiro atoms. The van der Waals surface area contributed by atoms with Crippen LogP contribution in [0.25, 0.3) is 11.2 Å². The van der Waals surface area contributed by atoms with Gasteiger partial charge in [0.15, 0.2) is 11.2 Å². The van der Waals surface area contributed by atoms with Gasteiger partial charge in [0.2, 0.25) is 5.95 Å². The van der Waals surface area contributed by atoms with Crippen molar-refractivity contribution in [1.29, 1.82) is 5.26 Å². The highest BCUT2D eigenvalue weighted by Gasteiger charge is 2.10. The Morgan fingerprint density at radius 3 is 3.12 bits per heavy atom. The van der Waals surface area contributed by atoms with Crippen molar-refractivity contribution in [3.05, 3.63) is 46.5 Å². The molecule has 0 amide bonds. The molecule has 0 atom stereocenters. The van der Waals surface area contributed by atoms with Crippen molar-refractivity contribution < 1.29 is 4.74 Å². The molecule has 8 nitrogen and oxygen atoms in total. The monoisotopic (exact) mass is 338 g/mol. The van der Waals surface area contributed by atoms with Crippen LogP contribution in [0.2, 0.25) is 0 Å². The fourth-order valence-corrected chi connectivity index (χ4v) is 2.49. The second-order valence-electron chi connectivity index (χ2n) is 5.40. The molecule has 1 aromatic carbocycles. The van der Waals surface area contributed by atoms with Crippen molar-refractivity contribution in [1.82, 2.24) is 19.5 Å². The van der Waals surface area contributed by atoms with Crippen molar-refractivity contribution in [3.63, 3.8) is 0 Å². The minimum absolute atomic E-state index is 0.221. The number of aryl methyl sites for hydroxylation is 1. The van der Waals surface area contributed by atoms with E-state index in [0.29, 0.717) is 54.5 Å². The molecule has 25 heavy (non-hydrogen) atoms. The minimum atomic E-state index is -0.221. The third-order valence-electron chi connectivity index (χ3n) is 3.60. The first kappa shape index (κ1) is 16.5. The number of anilines is 1. The molecule has 0 aliphatic heterocycles. The fourth-order valence-electron chi connectivity index (χ4n) is 2.49. The van der Waals surface area contributed by atoms with E-state index in [9.17, 15) is 4.79 Å². The Hall–Kier alpha value is -3.34. The summed E-state index contributed by atoms with van der Waals surface area (Å²) in [5, 5.41) is 11.9. The van der Waals surface area contributed by atoms with Crippen LogP contribution >= 0.6 is 0 Å². The molecular formula is C17H18N6O2. The number of H-pyrrole nitrogens is 1. The van der Waals surface area contributed by atoms with E-state index in [1.807, 2.05) is 13.0 Å². The zero-order chi connectivity index (χ0) is 17.6. The Morgan fingerprint density at radius 1 is 1.44 bits per heavy atom. The van der Waals surface area contributed by atoms with Crippen molar-refractivity contribution in [2.45, 2.75) is 19.9 Å². The standard InChI is InChI=1S/C17H18N6O2/c1-2-19-17-21-15-14(16(24)22-17)23(11-20-15)7-4-8-25-13-6-3-5-12(9-13)10-18/h3,5-6,9,11H,2,4,7-8H2,1H3,(H2,19,21,22,24). The summed E-state index contributed by atoms with van der Waals surface area (Å²) in [5.74, 6) is 1.08. The van der Waals surface area contributed by atoms with E-state index < -0.39 is 0 Å². The third kappa shape index (κ3) is 3.77. The van der Waals surface area contributed by atoms with Gasteiger partial charge in [-0.1, -0.05) is 6.07 Å². The van der Waals surface area contributed by atoms with E-state index in [2.05, 4.69) is 26.3 Å². The van der Waals surface area contributed by atoms with Gasteiger partial charge in [-0.25, -0.2) is 4.98 Å². The van der Waals surface area contributed by atoms with Crippen LogP contribution < -0.4 is 15.6 Å². The van der Waals surface area contributed by atoms with Crippen LogP contribution in [0.4, 0.5) is 5.95 Å². The Bertz CT molecular complexity index is 969. The molecule has 0 aliphatic carbocycles. The smallest absolute Gasteiger partial charge is 0.278 e. The van der Waals surface area contributed by atoms with Crippen LogP contribution in [-0.2, 0) is 6.54 Å². The maximum absolute atomic E-state index is 12.2. The lowest BCUT2D eigenvalue weighted by Crippen LogP contribution is -2.16. The Kier molecular flexibility index (Phi) is 4.95. The zero-order valence-electron chi connectivity index (χ0n) is 13.8. The molecule has 2 heterocycles. The number of fused-ring (bicyclic) bond motifs is 1. The number of hydrogen-bond donors (Lipinski definition) is 2. The van der Waals surface area contributed by atoms with Gasteiger partial charge in [0.1, 0.15) is 5.75 Å². The summed E-state index contributed by atoms with van der Waals surface area (Å²) in [7, 11) is 0. The van der Waals surface area contributed by atoms with Gasteiger partial charge in [-0.15, -0.1) is 0 Å². The number of benzene rings is 1. The summed E-state index contributed by atoms with van der Waals surface area (Å²) in [6.07, 6.45) is 2.30. The summed E-state index contributed by atoms with van der Waals surface area (Å²) in [5.41, 5.74) is 1.21. The predicted octanol–water partition coefficient (Wildman–Crippen LogP) is 1.89. The molecule has 2 aromatic heterocycles. The summed E-state index contributed by atoms with van der Waals surface area (Å²) < 4.78 is 7.41. The topological polar surface area (TPSA) is 109 Å². The molecule has 0 bridgehead atoms. The van der Waals surface area contributed by atoms with Crippen molar-refractivity contribution in [3.8, 4) is 11.8 Å². The number of nitrogens with zero attached hydrogens (tertiary/aromatic N) is 4. The molecule has 0 aliphatic rings. The molecule has 0 unspecified atom stereocenters. The van der Waals surface area contributed by atoms with E-state index in [1.54, 1.807) is 29.1 Å². The lowest BCUT2D eigenvalue weighted by Gasteiger charge is -2.07. The SMILES string of the molecule is CCNc1nc2ncn(CCCOc3cccc(C#N)c3)c2c(=O)[nH]1. The van der Waals surface area contributed by atoms with Crippen LogP contribution in [0.3, 0.4) is 0 Å². The minimum Gasteiger partial charge on any atom is -0.493 e. The number of aromatic amines is 1. The lowest BCUT2D eigenvalue weighted by atomic mass is 10.2. The normalized spacial score (nSPS) is 10.6. The van der Waals surface area contributed by atoms with Crippen LogP contribution in [0.1, 0.15) is 18.9 Å². The van der Waals surface area contributed by atoms with Gasteiger partial charge >= 0.3 is 0 Å². The molecule has 128 valence electrons. The van der Waals surface area contributed by atoms with Gasteiger partial charge < -0.3 is 14.6 Å². The molecular weight excluding hydrogens is 320 g/mol. The summed E-state index contributed by atoms with van der Waals surface area (Å²) in [6, 6.07) is 9.09. The number of imidazole rings is 1. The number of nitrogens with one attached hydrogen (secondary N) is 2. The van der Waals surface area contributed by atoms with E-state index >= 15 is 0 Å². The molecule has 0 saturated heterocycles. The summed E-state index contributed by atoms with van der Waals surface area (Å²) >= 11 is 0. The van der Waals surface area contributed by atoms with E-state index in [0.717, 1.165) is 0 Å². The molecule has 0 saturated carbocycles. The maximum atomic E-state index is 12.2. The predicted molar refractivity (Wildman–Crippen MR) is 93.6 cm³/mol. The molecule has 2 N–H and O–H groups in total. The highest BCUT2D eigenvalue weighted by Crippen LogP contribution is 2.13. The van der Waals surface area contributed by atoms with Crippen LogP contribution in [0.5, 0.6) is 5.75 Å². The molecule has 3 aromatic rings. The zero-order valence-corrected chi connectivity index (χ0v) is 13.8. The average molecular weight is 338 g/mol. The van der Waals surface area contributed by atoms with Gasteiger partial charge in [0.05, 0.1) is 24.6 Å². The average Bonchev–Trinajstić information content (AvgIpc) is 3.03. The van der Waals surface area contributed by atoms with Gasteiger partial charge in [-0.2, -0.15) is 10.2 Å². The highest BCUT2D eigenvalue weighted by atomic mass is 16.5. The van der Waals surface area contributed by atoms with E-state index in [4.69, 9.17) is 10.00 Å². The number of ether oxygens (including phenoxy) is 1. The first-order chi connectivity index (χ1) is 12.2. The first-order valence-corrected chi connectivity index (χ1v) is 8.03. The number of nitriles is 1. The fraction of sp³-hybridized carbons (Fsp3) is 0.294. The van der Waals surface area contributed by atoms with E-state index in [1.165, 1.54) is 0 Å². The number of rotatable bonds is 7. The van der Waals surface area contributed by atoms with Crippen molar-refractivity contribution >= 4 is 17.1 Å². The van der Waals surface area contributed by atoms with Gasteiger partial charge in [-0.3, -0.25) is 9.78 Å². The summed E-state index contributed by atoms with van der Waals surface area (Å²) in [6.45, 7) is 3.64. The Balaban J connectivity index is 1.63. The highest BCUT2D eigenvalue weighted by molar-refractivity contribution is 5.70. The summed E-state index contributed by atoms with van der Waals surface area (Å²) in [4.78, 5) is 23.4. The number of hydrogen-bond acceptors (Lipinski definition) is 6. The second kappa shape index (κ2) is 7.49. The van der Waals surface area contributed by atoms with Crippen LogP contribution in [0, 0.1) is 11.3 Å². The molecule has 8 heteroatoms. The first-order valence-electron chi connectivity index (χ1n) is 8.03. The van der Waals surface area contributed by atoms with Crippen molar-refractivity contribution in [2.24, 2.45) is 0 Å². The second-order valence-corrected chi connectivity index (χ2v) is 5.40. The largest absolute Gasteiger partial charge is 0.493 e. The molecule has 3 rings (SSSR count). The van der Waals surface area contributed by atoms with Gasteiger partial charge in [0.25, 0.3) is 5.56 Å².